The van der Waals surface area contributed by atoms with E-state index in [4.69, 9.17) is 10.5 Å². The third kappa shape index (κ3) is 7.02. The van der Waals surface area contributed by atoms with Crippen molar-refractivity contribution in [1.29, 1.82) is 0 Å². The Morgan fingerprint density at radius 3 is 2.49 bits per heavy atom. The first-order valence-corrected chi connectivity index (χ1v) is 24.7. The molecule has 9 aliphatic rings. The Balaban J connectivity index is 1.18. The van der Waals surface area contributed by atoms with Crippen LogP contribution in [0.15, 0.2) is 47.3 Å². The maximum absolute atomic E-state index is 15.4. The van der Waals surface area contributed by atoms with E-state index in [-0.39, 0.29) is 99.1 Å². The van der Waals surface area contributed by atoms with E-state index in [1.165, 1.54) is 0 Å². The van der Waals surface area contributed by atoms with E-state index in [0.717, 1.165) is 44.1 Å². The van der Waals surface area contributed by atoms with Gasteiger partial charge >= 0.3 is 0 Å². The fourth-order valence-electron chi connectivity index (χ4n) is 16.3. The van der Waals surface area contributed by atoms with Gasteiger partial charge in [0, 0.05) is 42.5 Å². The van der Waals surface area contributed by atoms with Crippen LogP contribution in [0.5, 0.6) is 0 Å². The van der Waals surface area contributed by atoms with E-state index in [2.05, 4.69) is 29.7 Å². The zero-order chi connectivity index (χ0) is 44.9. The number of nitrogens with two attached hydrogens (primary N) is 1. The smallest absolute Gasteiger partial charge is 0.182 e. The molecule has 352 valence electrons. The summed E-state index contributed by atoms with van der Waals surface area (Å²) in [6.45, 7) is 5.25. The van der Waals surface area contributed by atoms with E-state index in [9.17, 15) is 40.9 Å². The minimum Gasteiger partial charge on any atom is -0.396 e. The van der Waals surface area contributed by atoms with Crippen molar-refractivity contribution in [3.05, 3.63) is 47.3 Å². The second-order valence-corrected chi connectivity index (χ2v) is 22.2. The average molecular weight is 880 g/mol. The summed E-state index contributed by atoms with van der Waals surface area (Å²) in [4.78, 5) is 15.4. The van der Waals surface area contributed by atoms with Gasteiger partial charge in [0.25, 0.3) is 0 Å². The van der Waals surface area contributed by atoms with E-state index in [1.807, 2.05) is 18.4 Å². The Labute approximate surface area is 373 Å². The van der Waals surface area contributed by atoms with Crippen LogP contribution >= 0.6 is 0 Å². The number of hydrogen-bond donors (Lipinski definition) is 11. The Bertz CT molecular complexity index is 1870. The number of ketones is 1. The molecule has 20 unspecified atom stereocenters. The van der Waals surface area contributed by atoms with Crippen LogP contribution in [0.1, 0.15) is 124 Å². The molecule has 2 aliphatic heterocycles. The Morgan fingerprint density at radius 2 is 1.78 bits per heavy atom. The standard InChI is InChI=1S/C50H77N3O10/c1-4-6-28-8-13-32-37(14-9-28)63-45-40(32)34(56)7-5-17-50(45,62)46(3,60)38-16-18-49(61)42-41-30(23-48(38,49)19-20-54)11-10-29(31-12-15-39(51)52-26-31)22-47(41)24-36(58)35(57)21-33(47)44(59)43(42)53-25-27(2)55/h10-12,15,26-30,32-41,45,52-58,60-62H,4-9,13-14,16-25,51H2,1-3H3. The molecule has 1 spiro atoms. The van der Waals surface area contributed by atoms with Gasteiger partial charge in [-0.3, -0.25) is 4.79 Å². The first-order chi connectivity index (χ1) is 30.0. The van der Waals surface area contributed by atoms with Gasteiger partial charge in [0.2, 0.25) is 0 Å². The fourth-order valence-corrected chi connectivity index (χ4v) is 16.3. The van der Waals surface area contributed by atoms with Crippen LogP contribution in [0.25, 0.3) is 0 Å². The molecule has 0 aromatic heterocycles. The average Bonchev–Trinajstić information content (AvgIpc) is 3.56. The summed E-state index contributed by atoms with van der Waals surface area (Å²) in [7, 11) is 0. The van der Waals surface area contributed by atoms with Crippen molar-refractivity contribution >= 4 is 5.78 Å². The molecule has 0 amide bonds. The van der Waals surface area contributed by atoms with Crippen LogP contribution in [0.3, 0.4) is 0 Å². The van der Waals surface area contributed by atoms with Gasteiger partial charge in [0.1, 0.15) is 5.60 Å². The van der Waals surface area contributed by atoms with Crippen LogP contribution < -0.4 is 16.4 Å². The number of nitrogens with one attached hydrogen (secondary N) is 2. The van der Waals surface area contributed by atoms with Crippen molar-refractivity contribution in [3.8, 4) is 0 Å². The molecule has 6 fully saturated rings. The van der Waals surface area contributed by atoms with Crippen LogP contribution in [0.4, 0.5) is 0 Å². The van der Waals surface area contributed by atoms with Gasteiger partial charge in [0.15, 0.2) is 5.78 Å². The predicted molar refractivity (Wildman–Crippen MR) is 236 cm³/mol. The Kier molecular flexibility index (Phi) is 12.3. The topological polar surface area (TPSA) is 238 Å². The van der Waals surface area contributed by atoms with Crippen LogP contribution in [-0.4, -0.2) is 119 Å². The summed E-state index contributed by atoms with van der Waals surface area (Å²) in [5.74, 6) is -2.50. The normalized spacial score (nSPS) is 49.4. The third-order valence-corrected chi connectivity index (χ3v) is 19.1. The number of fused-ring (bicyclic) bond motifs is 5. The van der Waals surface area contributed by atoms with E-state index < -0.39 is 75.9 Å². The maximum Gasteiger partial charge on any atom is 0.182 e. The highest BCUT2D eigenvalue weighted by molar-refractivity contribution is 6.00. The summed E-state index contributed by atoms with van der Waals surface area (Å²) in [5.41, 5.74) is 0.241. The van der Waals surface area contributed by atoms with Crippen molar-refractivity contribution < 1.29 is 50.4 Å². The number of Topliss-reactive ketones (excluding diaryl/α,β-unsaturated/α-hetero) is 1. The highest BCUT2D eigenvalue weighted by Gasteiger charge is 2.76. The summed E-state index contributed by atoms with van der Waals surface area (Å²) >= 11 is 0. The van der Waals surface area contributed by atoms with Gasteiger partial charge in [-0.15, -0.1) is 0 Å². The van der Waals surface area contributed by atoms with Crippen molar-refractivity contribution in [2.45, 2.75) is 183 Å². The zero-order valence-electron chi connectivity index (χ0n) is 37.7. The lowest BCUT2D eigenvalue weighted by Crippen LogP contribution is -2.70. The van der Waals surface area contributed by atoms with E-state index in [0.29, 0.717) is 37.2 Å². The van der Waals surface area contributed by atoms with Crippen LogP contribution in [-0.2, 0) is 9.53 Å². The number of dihydropyridines is 1. The quantitative estimate of drug-likeness (QED) is 0.142. The van der Waals surface area contributed by atoms with Gasteiger partial charge < -0.3 is 62.0 Å². The first kappa shape index (κ1) is 46.0. The third-order valence-electron chi connectivity index (χ3n) is 19.1. The molecule has 63 heavy (non-hydrogen) atoms. The lowest BCUT2D eigenvalue weighted by molar-refractivity contribution is -0.259. The largest absolute Gasteiger partial charge is 0.396 e. The molecule has 13 heteroatoms. The summed E-state index contributed by atoms with van der Waals surface area (Å²) in [5, 5.41) is 104. The van der Waals surface area contributed by atoms with Gasteiger partial charge in [-0.1, -0.05) is 44.4 Å². The number of carbonyl (C=O) groups is 1. The second-order valence-electron chi connectivity index (χ2n) is 22.2. The molecule has 12 N–H and O–H groups in total. The number of aliphatic hydroxyl groups excluding tert-OH is 5. The molecule has 0 aromatic rings. The zero-order valence-corrected chi connectivity index (χ0v) is 37.7. The molecule has 9 rings (SSSR count). The fraction of sp³-hybridized carbons (Fsp3) is 0.820. The van der Waals surface area contributed by atoms with Gasteiger partial charge in [0.05, 0.1) is 59.7 Å². The maximum atomic E-state index is 15.4. The predicted octanol–water partition coefficient (Wildman–Crippen LogP) is 2.98. The highest BCUT2D eigenvalue weighted by atomic mass is 16.5. The lowest BCUT2D eigenvalue weighted by Gasteiger charge is -2.65. The van der Waals surface area contributed by atoms with Crippen molar-refractivity contribution in [3.63, 3.8) is 0 Å². The minimum atomic E-state index is -1.88. The minimum absolute atomic E-state index is 0.0309. The number of hydrogen-bond acceptors (Lipinski definition) is 13. The van der Waals surface area contributed by atoms with Crippen LogP contribution in [0, 0.1) is 58.2 Å². The lowest BCUT2D eigenvalue weighted by atomic mass is 9.40. The molecule has 1 saturated heterocycles. The van der Waals surface area contributed by atoms with Gasteiger partial charge in [-0.2, -0.15) is 0 Å². The molecule has 7 aliphatic carbocycles. The molecular formula is C50H77N3O10. The van der Waals surface area contributed by atoms with E-state index in [1.54, 1.807) is 13.8 Å². The summed E-state index contributed by atoms with van der Waals surface area (Å²) in [6.07, 6.45) is 13.8. The molecule has 0 bridgehead atoms. The summed E-state index contributed by atoms with van der Waals surface area (Å²) < 4.78 is 7.00. The number of allylic oxidation sites excluding steroid dienone is 5. The highest BCUT2D eigenvalue weighted by Crippen LogP contribution is 2.74. The Morgan fingerprint density at radius 1 is 1.00 bits per heavy atom. The SMILES string of the molecule is CCCC1CCC2OC3C(C(O)CCCC3(O)C(C)(O)C3CCC4(O)C5=C(NCC(C)O)C(=O)C6CC(O)C(O)CC67CC(C6=CNC(N)C=C6)C=CC(CC34CCO)C57)C2CC1. The molecule has 0 aromatic carbocycles. The molecular weight excluding hydrogens is 803 g/mol. The molecule has 20 atom stereocenters. The molecule has 2 heterocycles. The van der Waals surface area contributed by atoms with Gasteiger partial charge in [-0.25, -0.2) is 0 Å². The first-order valence-electron chi connectivity index (χ1n) is 24.7. The van der Waals surface area contributed by atoms with Crippen LogP contribution in [0.2, 0.25) is 0 Å². The Hall–Kier alpha value is -2.17. The van der Waals surface area contributed by atoms with Gasteiger partial charge in [-0.05, 0) is 150 Å². The monoisotopic (exact) mass is 880 g/mol. The van der Waals surface area contributed by atoms with Crippen molar-refractivity contribution in [1.82, 2.24) is 10.6 Å². The second kappa shape index (κ2) is 16.9. The molecule has 13 nitrogen and oxygen atoms in total. The number of ether oxygens (including phenoxy) is 1. The van der Waals surface area contributed by atoms with E-state index >= 15 is 4.79 Å². The number of carbonyl (C=O) groups excluding carboxylic acids is 1. The number of aliphatic hydroxyl groups is 8. The number of rotatable bonds is 10. The summed E-state index contributed by atoms with van der Waals surface area (Å²) in [6, 6.07) is 0. The van der Waals surface area contributed by atoms with Crippen molar-refractivity contribution in [2.75, 3.05) is 13.2 Å². The molecule has 0 radical (unpaired) electrons. The molecule has 5 saturated carbocycles. The van der Waals surface area contributed by atoms with Crippen molar-refractivity contribution in [2.24, 2.45) is 63.9 Å².